The number of unbranched alkanes of at least 4 members (excludes halogenated alkanes) is 2. The molecule has 0 aliphatic carbocycles. The number of fused-ring (bicyclic) bond motifs is 1. The highest BCUT2D eigenvalue weighted by atomic mass is 35.5. The van der Waals surface area contributed by atoms with Gasteiger partial charge in [-0.3, -0.25) is 29.4 Å². The zero-order valence-corrected chi connectivity index (χ0v) is 39.3. The van der Waals surface area contributed by atoms with Gasteiger partial charge in [0.25, 0.3) is 5.91 Å². The van der Waals surface area contributed by atoms with Crippen LogP contribution in [0.25, 0.3) is 0 Å². The molecule has 4 aliphatic rings. The molecule has 16 heteroatoms. The summed E-state index contributed by atoms with van der Waals surface area (Å²) >= 11 is 6.57. The van der Waals surface area contributed by atoms with Crippen LogP contribution in [0.3, 0.4) is 0 Å². The number of methoxy groups -OCH3 is 1. The van der Waals surface area contributed by atoms with Gasteiger partial charge in [0.05, 0.1) is 31.0 Å². The first-order chi connectivity index (χ1) is 31.4. The number of aromatic nitrogens is 2. The summed E-state index contributed by atoms with van der Waals surface area (Å²) in [5, 5.41) is 3.67. The van der Waals surface area contributed by atoms with E-state index in [1.807, 2.05) is 35.2 Å². The molecule has 5 heterocycles. The van der Waals surface area contributed by atoms with Crippen molar-refractivity contribution in [2.45, 2.75) is 82.8 Å². The van der Waals surface area contributed by atoms with Crippen molar-refractivity contribution in [1.82, 2.24) is 30.0 Å². The highest BCUT2D eigenvalue weighted by Gasteiger charge is 2.40. The van der Waals surface area contributed by atoms with Crippen LogP contribution in [-0.2, 0) is 38.3 Å². The minimum atomic E-state index is -2.48. The van der Waals surface area contributed by atoms with E-state index >= 15 is 0 Å². The molecule has 14 nitrogen and oxygen atoms in total. The molecule has 65 heavy (non-hydrogen) atoms. The van der Waals surface area contributed by atoms with Crippen LogP contribution in [0.4, 0.5) is 5.69 Å². The van der Waals surface area contributed by atoms with E-state index in [4.69, 9.17) is 26.1 Å². The summed E-state index contributed by atoms with van der Waals surface area (Å²) in [5.74, 6) is 1.32. The second-order valence-corrected chi connectivity index (χ2v) is 21.5. The minimum absolute atomic E-state index is 0.209. The molecule has 0 spiro atoms. The molecule has 344 valence electrons. The first-order valence-electron chi connectivity index (χ1n) is 22.8. The summed E-state index contributed by atoms with van der Waals surface area (Å²) in [6.45, 7) is 9.46. The largest absolute Gasteiger partial charge is 0.496 e. The van der Waals surface area contributed by atoms with E-state index in [0.717, 1.165) is 105 Å². The van der Waals surface area contributed by atoms with Crippen molar-refractivity contribution in [3.63, 3.8) is 0 Å². The van der Waals surface area contributed by atoms with Crippen molar-refractivity contribution in [3.8, 4) is 11.5 Å². The van der Waals surface area contributed by atoms with Crippen LogP contribution in [0.2, 0.25) is 5.02 Å². The van der Waals surface area contributed by atoms with Gasteiger partial charge in [0, 0.05) is 111 Å². The van der Waals surface area contributed by atoms with Crippen molar-refractivity contribution < 1.29 is 33.2 Å². The summed E-state index contributed by atoms with van der Waals surface area (Å²) in [5.41, 5.74) is 5.08. The molecule has 0 radical (unpaired) electrons. The lowest BCUT2D eigenvalue weighted by Crippen LogP contribution is -2.54. The molecule has 8 rings (SSSR count). The van der Waals surface area contributed by atoms with Crippen LogP contribution < -0.4 is 25.0 Å². The Balaban J connectivity index is 0.745. The number of imide groups is 1. The second-order valence-electron chi connectivity index (χ2n) is 17.9. The van der Waals surface area contributed by atoms with Crippen molar-refractivity contribution in [3.05, 3.63) is 106 Å². The Kier molecular flexibility index (Phi) is 14.6. The Labute approximate surface area is 386 Å². The van der Waals surface area contributed by atoms with E-state index < -0.39 is 19.1 Å². The quantitative estimate of drug-likeness (QED) is 0.0790. The number of hydrogen-bond donors (Lipinski definition) is 1. The van der Waals surface area contributed by atoms with Crippen LogP contribution in [0.15, 0.2) is 66.9 Å². The smallest absolute Gasteiger partial charge is 0.255 e. The van der Waals surface area contributed by atoms with Gasteiger partial charge < -0.3 is 28.7 Å². The minimum Gasteiger partial charge on any atom is -0.496 e. The highest BCUT2D eigenvalue weighted by Crippen LogP contribution is 2.37. The van der Waals surface area contributed by atoms with E-state index in [-0.39, 0.29) is 30.7 Å². The number of nitrogens with zero attached hydrogens (tertiary/aromatic N) is 6. The number of benzene rings is 3. The topological polar surface area (TPSA) is 155 Å². The summed E-state index contributed by atoms with van der Waals surface area (Å²) in [6.07, 6.45) is 8.18. The maximum absolute atomic E-state index is 13.2. The summed E-state index contributed by atoms with van der Waals surface area (Å²) < 4.78 is 25.0. The third-order valence-corrected chi connectivity index (χ3v) is 15.2. The predicted octanol–water partition coefficient (Wildman–Crippen LogP) is 6.08. The lowest BCUT2D eigenvalue weighted by atomic mass is 10.0. The monoisotopic (exact) mass is 923 g/mol. The van der Waals surface area contributed by atoms with E-state index in [2.05, 4.69) is 38.3 Å². The molecular weight excluding hydrogens is 865 g/mol. The van der Waals surface area contributed by atoms with Gasteiger partial charge >= 0.3 is 0 Å². The Bertz CT molecular complexity index is 2460. The Morgan fingerprint density at radius 3 is 2.42 bits per heavy atom. The Morgan fingerprint density at radius 2 is 1.66 bits per heavy atom. The number of amides is 4. The molecule has 1 unspecified atom stereocenters. The van der Waals surface area contributed by atoms with E-state index in [1.54, 1.807) is 38.8 Å². The van der Waals surface area contributed by atoms with Gasteiger partial charge in [-0.25, -0.2) is 9.97 Å². The summed E-state index contributed by atoms with van der Waals surface area (Å²) in [4.78, 5) is 68.3. The number of carbonyl (C=O) groups excluding carboxylic acids is 4. The summed E-state index contributed by atoms with van der Waals surface area (Å²) in [7, 11) is -0.785. The Hall–Kier alpha value is -5.30. The van der Waals surface area contributed by atoms with E-state index in [9.17, 15) is 23.7 Å². The maximum Gasteiger partial charge on any atom is 0.255 e. The number of piperazine rings is 1. The normalized spacial score (nSPS) is 18.5. The van der Waals surface area contributed by atoms with Crippen molar-refractivity contribution >= 4 is 53.4 Å². The fourth-order valence-electron chi connectivity index (χ4n) is 9.68. The van der Waals surface area contributed by atoms with Crippen molar-refractivity contribution in [1.29, 1.82) is 0 Å². The van der Waals surface area contributed by atoms with Crippen LogP contribution in [0, 0.1) is 0 Å². The summed E-state index contributed by atoms with van der Waals surface area (Å²) in [6, 6.07) is 19.3. The Morgan fingerprint density at radius 1 is 0.877 bits per heavy atom. The number of carbonyl (C=O) groups is 4. The van der Waals surface area contributed by atoms with Crippen LogP contribution in [-0.4, -0.2) is 127 Å². The molecule has 1 aromatic heterocycles. The van der Waals surface area contributed by atoms with E-state index in [0.29, 0.717) is 66.2 Å². The molecule has 0 saturated carbocycles. The fourth-order valence-corrected chi connectivity index (χ4v) is 11.1. The van der Waals surface area contributed by atoms with Crippen LogP contribution in [0.1, 0.15) is 89.9 Å². The number of piperidine rings is 2. The van der Waals surface area contributed by atoms with Gasteiger partial charge in [-0.15, -0.1) is 0 Å². The lowest BCUT2D eigenvalue weighted by Gasteiger charge is -2.43. The van der Waals surface area contributed by atoms with E-state index in [1.165, 1.54) is 4.90 Å². The van der Waals surface area contributed by atoms with Gasteiger partial charge in [0.1, 0.15) is 30.5 Å². The molecule has 4 aliphatic heterocycles. The molecular formula is C49H59ClN7O7P. The standard InChI is InChI=1S/C49H59ClN7O7P/c1-63-43-30-36(16-15-33(43)29-45-51-31-39(50)40(52-45)28-34-10-6-7-13-44(34)65(2,3)62)54-21-19-35(20-22-54)55-23-25-56(26-24-55)47(59)14-5-4-8-27-64-42-12-9-11-37-38(42)32-57(49(37)61)41-17-18-46(58)53-48(41)60/h6-7,9-13,15-16,30-31,35,41H,4-5,8,14,17-29,32H2,1-3H3,(H,53,58,60). The van der Waals surface area contributed by atoms with Crippen LogP contribution >= 0.6 is 18.7 Å². The number of anilines is 1. The van der Waals surface area contributed by atoms with Gasteiger partial charge in [0.15, 0.2) is 0 Å². The van der Waals surface area contributed by atoms with Crippen molar-refractivity contribution in [2.75, 3.05) is 71.2 Å². The predicted molar refractivity (Wildman–Crippen MR) is 251 cm³/mol. The highest BCUT2D eigenvalue weighted by molar-refractivity contribution is 7.70. The molecule has 3 aromatic carbocycles. The SMILES string of the molecule is COc1cc(N2CCC(N3CCN(C(=O)CCCCCOc4cccc5c4CN(C4CCC(=O)NC4=O)C5=O)CC3)CC2)ccc1Cc1ncc(Cl)c(Cc2ccccc2P(C)(C)=O)n1. The number of nitrogens with one attached hydrogen (secondary N) is 1. The third-order valence-electron chi connectivity index (χ3n) is 13.3. The number of rotatable bonds is 16. The fraction of sp³-hybridized carbons (Fsp3) is 0.469. The lowest BCUT2D eigenvalue weighted by molar-refractivity contribution is -0.137. The molecule has 4 aromatic rings. The first kappa shape index (κ1) is 46.2. The van der Waals surface area contributed by atoms with Gasteiger partial charge in [-0.1, -0.05) is 48.0 Å². The number of ether oxygens (including phenoxy) is 2. The van der Waals surface area contributed by atoms with Gasteiger partial charge in [0.2, 0.25) is 17.7 Å². The molecule has 3 fully saturated rings. The third kappa shape index (κ3) is 10.9. The molecule has 3 saturated heterocycles. The van der Waals surface area contributed by atoms with Gasteiger partial charge in [-0.2, -0.15) is 0 Å². The number of halogens is 1. The molecule has 4 amide bonds. The zero-order valence-electron chi connectivity index (χ0n) is 37.6. The average molecular weight is 924 g/mol. The molecule has 0 bridgehead atoms. The average Bonchev–Trinajstić information content (AvgIpc) is 3.64. The first-order valence-corrected chi connectivity index (χ1v) is 25.8. The number of hydrogen-bond acceptors (Lipinski definition) is 11. The van der Waals surface area contributed by atoms with Crippen molar-refractivity contribution in [2.24, 2.45) is 0 Å². The maximum atomic E-state index is 13.2. The van der Waals surface area contributed by atoms with Gasteiger partial charge in [-0.05, 0) is 75.6 Å². The molecule has 1 atom stereocenters. The second kappa shape index (κ2) is 20.5. The zero-order chi connectivity index (χ0) is 45.7. The van der Waals surface area contributed by atoms with Crippen LogP contribution in [0.5, 0.6) is 11.5 Å². The molecule has 1 N–H and O–H groups in total.